The van der Waals surface area contributed by atoms with E-state index in [1.807, 2.05) is 37.3 Å². The molecular formula is C24H25NO4. The summed E-state index contributed by atoms with van der Waals surface area (Å²) in [5, 5.41) is 11.1. The van der Waals surface area contributed by atoms with Gasteiger partial charge in [-0.3, -0.25) is 9.59 Å². The summed E-state index contributed by atoms with van der Waals surface area (Å²) in [5.74, 6) is -0.565. The van der Waals surface area contributed by atoms with Gasteiger partial charge in [0.2, 0.25) is 0 Å². The van der Waals surface area contributed by atoms with E-state index in [1.54, 1.807) is 30.2 Å². The molecule has 1 N–H and O–H groups in total. The van der Waals surface area contributed by atoms with E-state index < -0.39 is 17.7 Å². The summed E-state index contributed by atoms with van der Waals surface area (Å²) >= 11 is 0. The maximum atomic E-state index is 13.0. The van der Waals surface area contributed by atoms with Gasteiger partial charge in [0.25, 0.3) is 11.7 Å². The second-order valence-electron chi connectivity index (χ2n) is 7.74. The second-order valence-corrected chi connectivity index (χ2v) is 7.74. The number of hydrogen-bond donors (Lipinski definition) is 1. The number of Topliss-reactive ketones (excluding diaryl/α,β-unsaturated/α-hetero) is 1. The number of aliphatic hydroxyl groups is 1. The predicted molar refractivity (Wildman–Crippen MR) is 111 cm³/mol. The van der Waals surface area contributed by atoms with Crippen LogP contribution in [0.2, 0.25) is 0 Å². The first-order valence-corrected chi connectivity index (χ1v) is 10.0. The molecule has 1 saturated heterocycles. The molecule has 1 atom stereocenters. The van der Waals surface area contributed by atoms with Gasteiger partial charge in [0, 0.05) is 11.6 Å². The SMILES string of the molecule is COc1ccc(/C(O)=C2/C(=O)C(=O)N(C3CCCC3)C2c2ccccc2)cc1C. The van der Waals surface area contributed by atoms with Gasteiger partial charge < -0.3 is 14.7 Å². The van der Waals surface area contributed by atoms with Crippen LogP contribution in [-0.2, 0) is 9.59 Å². The molecule has 0 radical (unpaired) electrons. The van der Waals surface area contributed by atoms with Crippen molar-refractivity contribution in [3.8, 4) is 5.75 Å². The maximum absolute atomic E-state index is 13.0. The Labute approximate surface area is 170 Å². The van der Waals surface area contributed by atoms with E-state index in [4.69, 9.17) is 4.74 Å². The summed E-state index contributed by atoms with van der Waals surface area (Å²) < 4.78 is 5.29. The molecule has 0 spiro atoms. The Balaban J connectivity index is 1.87. The Morgan fingerprint density at radius 3 is 2.38 bits per heavy atom. The highest BCUT2D eigenvalue weighted by atomic mass is 16.5. The third-order valence-electron chi connectivity index (χ3n) is 5.98. The van der Waals surface area contributed by atoms with Crippen LogP contribution >= 0.6 is 0 Å². The van der Waals surface area contributed by atoms with Crippen LogP contribution < -0.4 is 4.74 Å². The lowest BCUT2D eigenvalue weighted by Crippen LogP contribution is -2.37. The Bertz CT molecular complexity index is 974. The van der Waals surface area contributed by atoms with E-state index in [9.17, 15) is 14.7 Å². The quantitative estimate of drug-likeness (QED) is 0.477. The minimum Gasteiger partial charge on any atom is -0.507 e. The van der Waals surface area contributed by atoms with Crippen molar-refractivity contribution in [1.82, 2.24) is 4.90 Å². The molecule has 1 heterocycles. The number of hydrogen-bond acceptors (Lipinski definition) is 4. The minimum absolute atomic E-state index is 0.0274. The Morgan fingerprint density at radius 2 is 1.76 bits per heavy atom. The number of amides is 1. The number of ketones is 1. The first-order chi connectivity index (χ1) is 14.0. The number of ether oxygens (including phenoxy) is 1. The van der Waals surface area contributed by atoms with Crippen LogP contribution in [0.15, 0.2) is 54.1 Å². The summed E-state index contributed by atoms with van der Waals surface area (Å²) in [7, 11) is 1.59. The summed E-state index contributed by atoms with van der Waals surface area (Å²) in [6.45, 7) is 1.88. The number of rotatable bonds is 4. The Morgan fingerprint density at radius 1 is 1.07 bits per heavy atom. The van der Waals surface area contributed by atoms with Crippen LogP contribution in [0.4, 0.5) is 0 Å². The molecule has 1 saturated carbocycles. The third-order valence-corrected chi connectivity index (χ3v) is 5.98. The molecule has 1 unspecified atom stereocenters. The van der Waals surface area contributed by atoms with Crippen molar-refractivity contribution in [1.29, 1.82) is 0 Å². The fraction of sp³-hybridized carbons (Fsp3) is 0.333. The lowest BCUT2D eigenvalue weighted by Gasteiger charge is -2.30. The van der Waals surface area contributed by atoms with Crippen LogP contribution in [0.1, 0.15) is 48.4 Å². The van der Waals surface area contributed by atoms with Crippen molar-refractivity contribution in [3.05, 3.63) is 70.8 Å². The van der Waals surface area contributed by atoms with E-state index in [0.717, 1.165) is 36.8 Å². The van der Waals surface area contributed by atoms with Gasteiger partial charge in [0.05, 0.1) is 18.7 Å². The van der Waals surface area contributed by atoms with Gasteiger partial charge in [-0.25, -0.2) is 0 Å². The highest BCUT2D eigenvalue weighted by Crippen LogP contribution is 2.43. The fourth-order valence-electron chi connectivity index (χ4n) is 4.55. The zero-order valence-electron chi connectivity index (χ0n) is 16.7. The number of carbonyl (C=O) groups is 2. The average molecular weight is 391 g/mol. The van der Waals surface area contributed by atoms with E-state index in [2.05, 4.69) is 0 Å². The largest absolute Gasteiger partial charge is 0.507 e. The molecule has 1 aliphatic carbocycles. The number of benzene rings is 2. The van der Waals surface area contributed by atoms with Crippen LogP contribution in [0.3, 0.4) is 0 Å². The highest BCUT2D eigenvalue weighted by molar-refractivity contribution is 6.46. The van der Waals surface area contributed by atoms with Crippen LogP contribution in [0.25, 0.3) is 5.76 Å². The van der Waals surface area contributed by atoms with Gasteiger partial charge in [-0.2, -0.15) is 0 Å². The summed E-state index contributed by atoms with van der Waals surface area (Å²) in [4.78, 5) is 27.7. The molecule has 5 heteroatoms. The molecule has 150 valence electrons. The first kappa shape index (κ1) is 19.2. The molecule has 0 bridgehead atoms. The van der Waals surface area contributed by atoms with Gasteiger partial charge in [0.1, 0.15) is 11.5 Å². The molecule has 5 nitrogen and oxygen atoms in total. The second kappa shape index (κ2) is 7.74. The number of methoxy groups -OCH3 is 1. The molecule has 1 aliphatic heterocycles. The Hall–Kier alpha value is -3.08. The summed E-state index contributed by atoms with van der Waals surface area (Å²) in [5.41, 5.74) is 2.36. The lowest BCUT2D eigenvalue weighted by atomic mass is 9.94. The van der Waals surface area contributed by atoms with E-state index in [1.165, 1.54) is 0 Å². The van der Waals surface area contributed by atoms with Gasteiger partial charge in [-0.1, -0.05) is 43.2 Å². The molecule has 4 rings (SSSR count). The fourth-order valence-corrected chi connectivity index (χ4v) is 4.55. The third kappa shape index (κ3) is 3.31. The summed E-state index contributed by atoms with van der Waals surface area (Å²) in [6, 6.07) is 14.2. The van der Waals surface area contributed by atoms with Crippen molar-refractivity contribution in [3.63, 3.8) is 0 Å². The molecule has 29 heavy (non-hydrogen) atoms. The van der Waals surface area contributed by atoms with E-state index in [-0.39, 0.29) is 17.4 Å². The minimum atomic E-state index is -0.614. The lowest BCUT2D eigenvalue weighted by molar-refractivity contribution is -0.141. The predicted octanol–water partition coefficient (Wildman–Crippen LogP) is 4.37. The number of aliphatic hydroxyl groups excluding tert-OH is 1. The molecule has 0 aromatic heterocycles. The van der Waals surface area contributed by atoms with Gasteiger partial charge in [-0.05, 0) is 49.1 Å². The maximum Gasteiger partial charge on any atom is 0.295 e. The van der Waals surface area contributed by atoms with Crippen molar-refractivity contribution in [2.24, 2.45) is 0 Å². The van der Waals surface area contributed by atoms with Crippen molar-refractivity contribution < 1.29 is 19.4 Å². The van der Waals surface area contributed by atoms with Crippen molar-refractivity contribution >= 4 is 17.4 Å². The molecule has 2 fully saturated rings. The van der Waals surface area contributed by atoms with Crippen molar-refractivity contribution in [2.75, 3.05) is 7.11 Å². The number of carbonyl (C=O) groups excluding carboxylic acids is 2. The zero-order chi connectivity index (χ0) is 20.5. The number of likely N-dealkylation sites (tertiary alicyclic amines) is 1. The Kier molecular flexibility index (Phi) is 5.14. The van der Waals surface area contributed by atoms with E-state index in [0.29, 0.717) is 11.3 Å². The van der Waals surface area contributed by atoms with Crippen LogP contribution in [0, 0.1) is 6.92 Å². The molecule has 2 aromatic carbocycles. The van der Waals surface area contributed by atoms with Crippen LogP contribution in [-0.4, -0.2) is 34.8 Å². The number of nitrogens with zero attached hydrogens (tertiary/aromatic N) is 1. The summed E-state index contributed by atoms with van der Waals surface area (Å²) in [6.07, 6.45) is 3.87. The molecular weight excluding hydrogens is 366 g/mol. The van der Waals surface area contributed by atoms with Crippen LogP contribution in [0.5, 0.6) is 5.75 Å². The molecule has 2 aliphatic rings. The van der Waals surface area contributed by atoms with Crippen molar-refractivity contribution in [2.45, 2.75) is 44.7 Å². The van der Waals surface area contributed by atoms with E-state index >= 15 is 0 Å². The number of aryl methyl sites for hydroxylation is 1. The smallest absolute Gasteiger partial charge is 0.295 e. The first-order valence-electron chi connectivity index (χ1n) is 10.0. The normalized spacial score (nSPS) is 21.7. The van der Waals surface area contributed by atoms with Gasteiger partial charge in [0.15, 0.2) is 0 Å². The standard InChI is InChI=1S/C24H25NO4/c1-15-14-17(12-13-19(15)29-2)22(26)20-21(16-8-4-3-5-9-16)25(24(28)23(20)27)18-10-6-7-11-18/h3-5,8-9,12-14,18,21,26H,6-7,10-11H2,1-2H3/b22-20-. The monoisotopic (exact) mass is 391 g/mol. The topological polar surface area (TPSA) is 66.8 Å². The molecule has 1 amide bonds. The zero-order valence-corrected chi connectivity index (χ0v) is 16.7. The van der Waals surface area contributed by atoms with Gasteiger partial charge in [-0.15, -0.1) is 0 Å². The van der Waals surface area contributed by atoms with Gasteiger partial charge >= 0.3 is 0 Å². The molecule has 2 aromatic rings. The highest BCUT2D eigenvalue weighted by Gasteiger charge is 2.49. The average Bonchev–Trinajstić information content (AvgIpc) is 3.35.